The van der Waals surface area contributed by atoms with Crippen molar-refractivity contribution in [2.24, 2.45) is 0 Å². The van der Waals surface area contributed by atoms with Crippen LogP contribution in [0.25, 0.3) is 0 Å². The Morgan fingerprint density at radius 1 is 1.38 bits per heavy atom. The summed E-state index contributed by atoms with van der Waals surface area (Å²) in [5.74, 6) is 2.06. The third-order valence-electron chi connectivity index (χ3n) is 3.67. The Labute approximate surface area is 132 Å². The molecule has 0 radical (unpaired) electrons. The molecule has 1 aliphatic carbocycles. The molecule has 0 spiro atoms. The Morgan fingerprint density at radius 3 is 2.90 bits per heavy atom. The molecule has 7 heteroatoms. The highest BCUT2D eigenvalue weighted by atomic mass is 32.2. The maximum atomic E-state index is 12.2. The monoisotopic (exact) mass is 322 g/mol. The van der Waals surface area contributed by atoms with Gasteiger partial charge in [0.2, 0.25) is 0 Å². The molecule has 1 amide bonds. The fourth-order valence-electron chi connectivity index (χ4n) is 2.36. The lowest BCUT2D eigenvalue weighted by Gasteiger charge is -2.20. The van der Waals surface area contributed by atoms with Gasteiger partial charge in [0.25, 0.3) is 5.91 Å². The van der Waals surface area contributed by atoms with Crippen LogP contribution in [-0.2, 0) is 0 Å². The number of nitriles is 1. The molecule has 1 saturated carbocycles. The SMILES string of the molecule is N#Cc1c(N2CCCSCC2)sc(C(=O)NC2CC2)c1N. The number of carbonyl (C=O) groups is 1. The lowest BCUT2D eigenvalue weighted by molar-refractivity contribution is 0.0956. The largest absolute Gasteiger partial charge is 0.396 e. The lowest BCUT2D eigenvalue weighted by atomic mass is 10.2. The first-order valence-corrected chi connectivity index (χ1v) is 9.13. The van der Waals surface area contributed by atoms with E-state index in [1.165, 1.54) is 11.3 Å². The molecule has 21 heavy (non-hydrogen) atoms. The molecule has 3 N–H and O–H groups in total. The van der Waals surface area contributed by atoms with Crippen molar-refractivity contribution >= 4 is 39.7 Å². The Morgan fingerprint density at radius 2 is 2.19 bits per heavy atom. The second-order valence-electron chi connectivity index (χ2n) is 5.34. The molecule has 0 atom stereocenters. The van der Waals surface area contributed by atoms with Crippen LogP contribution in [0.2, 0.25) is 0 Å². The number of hydrogen-bond donors (Lipinski definition) is 2. The third kappa shape index (κ3) is 3.11. The molecule has 3 rings (SSSR count). The summed E-state index contributed by atoms with van der Waals surface area (Å²) in [5.41, 5.74) is 6.86. The van der Waals surface area contributed by atoms with Gasteiger partial charge in [-0.2, -0.15) is 17.0 Å². The second-order valence-corrected chi connectivity index (χ2v) is 7.56. The fourth-order valence-corrected chi connectivity index (χ4v) is 4.37. The van der Waals surface area contributed by atoms with Crippen molar-refractivity contribution in [1.29, 1.82) is 5.26 Å². The van der Waals surface area contributed by atoms with Gasteiger partial charge in [-0.3, -0.25) is 4.79 Å². The van der Waals surface area contributed by atoms with E-state index in [2.05, 4.69) is 16.3 Å². The van der Waals surface area contributed by atoms with Crippen LogP contribution >= 0.6 is 23.1 Å². The van der Waals surface area contributed by atoms with Gasteiger partial charge >= 0.3 is 0 Å². The van der Waals surface area contributed by atoms with Crippen LogP contribution in [0.5, 0.6) is 0 Å². The number of amides is 1. The Balaban J connectivity index is 1.88. The van der Waals surface area contributed by atoms with Gasteiger partial charge in [0, 0.05) is 24.9 Å². The minimum absolute atomic E-state index is 0.132. The number of nitrogens with two attached hydrogens (primary N) is 1. The van der Waals surface area contributed by atoms with Crippen LogP contribution in [0.3, 0.4) is 0 Å². The molecule has 1 aliphatic heterocycles. The van der Waals surface area contributed by atoms with Crippen LogP contribution in [0.15, 0.2) is 0 Å². The number of hydrogen-bond acceptors (Lipinski definition) is 6. The van der Waals surface area contributed by atoms with E-state index in [0.29, 0.717) is 22.2 Å². The smallest absolute Gasteiger partial charge is 0.263 e. The summed E-state index contributed by atoms with van der Waals surface area (Å²) < 4.78 is 0. The molecule has 5 nitrogen and oxygen atoms in total. The Kier molecular flexibility index (Phi) is 4.27. The molecule has 112 valence electrons. The van der Waals surface area contributed by atoms with E-state index in [4.69, 9.17) is 5.73 Å². The first kappa shape index (κ1) is 14.5. The predicted molar refractivity (Wildman–Crippen MR) is 88.1 cm³/mol. The molecule has 1 saturated heterocycles. The Bertz CT molecular complexity index is 581. The number of nitrogens with one attached hydrogen (secondary N) is 1. The van der Waals surface area contributed by atoms with Gasteiger partial charge < -0.3 is 16.0 Å². The van der Waals surface area contributed by atoms with Crippen molar-refractivity contribution < 1.29 is 4.79 Å². The molecule has 2 aliphatic rings. The molecule has 1 aromatic heterocycles. The average molecular weight is 322 g/mol. The molecule has 0 unspecified atom stereocenters. The Hall–Kier alpha value is -1.39. The minimum atomic E-state index is -0.132. The van der Waals surface area contributed by atoms with Gasteiger partial charge in [0.15, 0.2) is 0 Å². The summed E-state index contributed by atoms with van der Waals surface area (Å²) in [5, 5.41) is 13.2. The van der Waals surface area contributed by atoms with E-state index in [9.17, 15) is 10.1 Å². The van der Waals surface area contributed by atoms with Gasteiger partial charge in [-0.15, -0.1) is 11.3 Å². The predicted octanol–water partition coefficient (Wildman–Crippen LogP) is 2.04. The van der Waals surface area contributed by atoms with Crippen molar-refractivity contribution in [3.8, 4) is 6.07 Å². The lowest BCUT2D eigenvalue weighted by Crippen LogP contribution is -2.25. The zero-order chi connectivity index (χ0) is 14.8. The van der Waals surface area contributed by atoms with E-state index < -0.39 is 0 Å². The molecule has 2 fully saturated rings. The highest BCUT2D eigenvalue weighted by Crippen LogP contribution is 2.39. The highest BCUT2D eigenvalue weighted by Gasteiger charge is 2.29. The first-order chi connectivity index (χ1) is 10.2. The maximum Gasteiger partial charge on any atom is 0.263 e. The molecule has 0 aromatic carbocycles. The summed E-state index contributed by atoms with van der Waals surface area (Å²) in [6, 6.07) is 2.48. The third-order valence-corrected chi connectivity index (χ3v) is 5.98. The molecular weight excluding hydrogens is 304 g/mol. The summed E-state index contributed by atoms with van der Waals surface area (Å²) >= 11 is 3.29. The van der Waals surface area contributed by atoms with Gasteiger partial charge in [-0.05, 0) is 25.0 Å². The number of nitrogens with zero attached hydrogens (tertiary/aromatic N) is 2. The number of nitrogen functional groups attached to an aromatic ring is 1. The molecule has 1 aromatic rings. The van der Waals surface area contributed by atoms with Crippen LogP contribution in [0.1, 0.15) is 34.5 Å². The van der Waals surface area contributed by atoms with Gasteiger partial charge in [0.05, 0.1) is 5.69 Å². The van der Waals surface area contributed by atoms with Crippen molar-refractivity contribution in [1.82, 2.24) is 5.32 Å². The van der Waals surface area contributed by atoms with Gasteiger partial charge in [-0.25, -0.2) is 0 Å². The normalized spacial score (nSPS) is 18.9. The van der Waals surface area contributed by atoms with Crippen molar-refractivity contribution in [2.45, 2.75) is 25.3 Å². The van der Waals surface area contributed by atoms with Crippen LogP contribution in [0.4, 0.5) is 10.7 Å². The zero-order valence-electron chi connectivity index (χ0n) is 11.7. The van der Waals surface area contributed by atoms with E-state index in [-0.39, 0.29) is 5.91 Å². The number of thiophene rings is 1. The van der Waals surface area contributed by atoms with Crippen LogP contribution < -0.4 is 16.0 Å². The van der Waals surface area contributed by atoms with Crippen molar-refractivity contribution in [3.05, 3.63) is 10.4 Å². The van der Waals surface area contributed by atoms with Crippen molar-refractivity contribution in [2.75, 3.05) is 35.2 Å². The summed E-state index contributed by atoms with van der Waals surface area (Å²) in [6.45, 7) is 1.83. The highest BCUT2D eigenvalue weighted by molar-refractivity contribution is 7.99. The van der Waals surface area contributed by atoms with Gasteiger partial charge in [-0.1, -0.05) is 0 Å². The molecule has 2 heterocycles. The van der Waals surface area contributed by atoms with Crippen molar-refractivity contribution in [3.63, 3.8) is 0 Å². The number of anilines is 2. The minimum Gasteiger partial charge on any atom is -0.396 e. The molecule has 0 bridgehead atoms. The number of thioether (sulfide) groups is 1. The standard InChI is InChI=1S/C14H18N4OS2/c15-8-10-11(16)12(13(19)17-9-2-3-9)21-14(10)18-4-1-6-20-7-5-18/h9H,1-7,16H2,(H,17,19). The number of rotatable bonds is 3. The summed E-state index contributed by atoms with van der Waals surface area (Å²) in [7, 11) is 0. The maximum absolute atomic E-state index is 12.2. The topological polar surface area (TPSA) is 82.2 Å². The molecular formula is C14H18N4OS2. The average Bonchev–Trinajstić information content (AvgIpc) is 3.25. The second kappa shape index (κ2) is 6.16. The quantitative estimate of drug-likeness (QED) is 0.890. The van der Waals surface area contributed by atoms with E-state index in [1.807, 2.05) is 11.8 Å². The van der Waals surface area contributed by atoms with E-state index in [1.54, 1.807) is 0 Å². The van der Waals surface area contributed by atoms with Gasteiger partial charge in [0.1, 0.15) is 21.5 Å². The summed E-state index contributed by atoms with van der Waals surface area (Å²) in [6.07, 6.45) is 3.17. The fraction of sp³-hybridized carbons (Fsp3) is 0.571. The zero-order valence-corrected chi connectivity index (χ0v) is 13.4. The van der Waals surface area contributed by atoms with E-state index >= 15 is 0 Å². The summed E-state index contributed by atoms with van der Waals surface area (Å²) in [4.78, 5) is 14.9. The van der Waals surface area contributed by atoms with Crippen LogP contribution in [0, 0.1) is 11.3 Å². The number of carbonyl (C=O) groups excluding carboxylic acids is 1. The van der Waals surface area contributed by atoms with Crippen LogP contribution in [-0.4, -0.2) is 36.5 Å². The first-order valence-electron chi connectivity index (χ1n) is 7.16. The van der Waals surface area contributed by atoms with E-state index in [0.717, 1.165) is 48.9 Å².